The summed E-state index contributed by atoms with van der Waals surface area (Å²) in [4.78, 5) is 13.5. The van der Waals surface area contributed by atoms with Crippen LogP contribution in [0.3, 0.4) is 0 Å². The number of amides is 1. The van der Waals surface area contributed by atoms with Gasteiger partial charge in [0.15, 0.2) is 28.7 Å². The summed E-state index contributed by atoms with van der Waals surface area (Å²) in [6, 6.07) is 8.73. The van der Waals surface area contributed by atoms with Crippen molar-refractivity contribution in [3.63, 3.8) is 0 Å². The van der Waals surface area contributed by atoms with Crippen LogP contribution in [0.1, 0.15) is 16.2 Å². The SMILES string of the molecule is COc1c(Oc2cc(C(F)(F)F)nnc2C(=O)Nc2cccc(SC)c2)ccc(F)c1F. The minimum absolute atomic E-state index is 0.347. The molecule has 1 aromatic heterocycles. The summed E-state index contributed by atoms with van der Waals surface area (Å²) in [7, 11) is 1.02. The smallest absolute Gasteiger partial charge is 0.435 e. The maximum Gasteiger partial charge on any atom is 0.435 e. The average molecular weight is 471 g/mol. The molecule has 1 amide bonds. The maximum absolute atomic E-state index is 14.0. The van der Waals surface area contributed by atoms with E-state index < -0.39 is 52.4 Å². The number of hydrogen-bond acceptors (Lipinski definition) is 6. The van der Waals surface area contributed by atoms with Crippen LogP contribution in [0.4, 0.5) is 27.6 Å². The summed E-state index contributed by atoms with van der Waals surface area (Å²) in [6.07, 6.45) is -3.08. The Kier molecular flexibility index (Phi) is 6.82. The number of nitrogens with one attached hydrogen (secondary N) is 1. The molecular formula is C20H14F5N3O3S. The number of methoxy groups -OCH3 is 1. The Morgan fingerprint density at radius 1 is 1.06 bits per heavy atom. The Balaban J connectivity index is 2.03. The monoisotopic (exact) mass is 471 g/mol. The van der Waals surface area contributed by atoms with Gasteiger partial charge in [0, 0.05) is 16.6 Å². The predicted molar refractivity (Wildman–Crippen MR) is 106 cm³/mol. The molecule has 0 saturated carbocycles. The second-order valence-corrected chi connectivity index (χ2v) is 7.00. The average Bonchev–Trinajstić information content (AvgIpc) is 2.76. The number of hydrogen-bond donors (Lipinski definition) is 1. The first-order chi connectivity index (χ1) is 15.1. The van der Waals surface area contributed by atoms with E-state index in [-0.39, 0.29) is 0 Å². The van der Waals surface area contributed by atoms with E-state index in [0.717, 1.165) is 18.1 Å². The van der Waals surface area contributed by atoms with Crippen LogP contribution in [-0.2, 0) is 6.18 Å². The molecular weight excluding hydrogens is 457 g/mol. The van der Waals surface area contributed by atoms with Gasteiger partial charge in [-0.25, -0.2) is 4.39 Å². The molecule has 6 nitrogen and oxygen atoms in total. The van der Waals surface area contributed by atoms with Gasteiger partial charge in [0.25, 0.3) is 5.91 Å². The Morgan fingerprint density at radius 3 is 2.47 bits per heavy atom. The number of aromatic nitrogens is 2. The molecule has 32 heavy (non-hydrogen) atoms. The molecule has 0 aliphatic carbocycles. The lowest BCUT2D eigenvalue weighted by Crippen LogP contribution is -2.18. The molecule has 2 aromatic carbocycles. The van der Waals surface area contributed by atoms with Crippen molar-refractivity contribution in [2.45, 2.75) is 11.1 Å². The Labute approximate surface area is 182 Å². The van der Waals surface area contributed by atoms with Gasteiger partial charge in [-0.2, -0.15) is 17.6 Å². The van der Waals surface area contributed by atoms with Crippen molar-refractivity contribution in [3.8, 4) is 17.2 Å². The van der Waals surface area contributed by atoms with Crippen molar-refractivity contribution >= 4 is 23.4 Å². The van der Waals surface area contributed by atoms with Crippen LogP contribution in [0.5, 0.6) is 17.2 Å². The molecule has 3 aromatic rings. The quantitative estimate of drug-likeness (QED) is 0.376. The molecule has 12 heteroatoms. The highest BCUT2D eigenvalue weighted by Gasteiger charge is 2.35. The maximum atomic E-state index is 14.0. The Bertz CT molecular complexity index is 1160. The third-order valence-corrected chi connectivity index (χ3v) is 4.76. The minimum Gasteiger partial charge on any atom is -0.490 e. The van der Waals surface area contributed by atoms with E-state index in [2.05, 4.69) is 15.5 Å². The van der Waals surface area contributed by atoms with Crippen molar-refractivity contribution in [3.05, 3.63) is 65.5 Å². The summed E-state index contributed by atoms with van der Waals surface area (Å²) in [6.45, 7) is 0. The van der Waals surface area contributed by atoms with Gasteiger partial charge in [0.1, 0.15) is 0 Å². The molecule has 1 N–H and O–H groups in total. The van der Waals surface area contributed by atoms with Crippen molar-refractivity contribution in [2.75, 3.05) is 18.7 Å². The lowest BCUT2D eigenvalue weighted by atomic mass is 10.2. The van der Waals surface area contributed by atoms with Gasteiger partial charge in [-0.15, -0.1) is 22.0 Å². The fourth-order valence-corrected chi connectivity index (χ4v) is 3.00. The van der Waals surface area contributed by atoms with Crippen LogP contribution < -0.4 is 14.8 Å². The van der Waals surface area contributed by atoms with Gasteiger partial charge in [-0.1, -0.05) is 6.07 Å². The van der Waals surface area contributed by atoms with Gasteiger partial charge in [-0.05, 0) is 36.6 Å². The van der Waals surface area contributed by atoms with E-state index in [1.807, 2.05) is 6.26 Å². The standard InChI is InChI=1S/C20H14F5N3O3S/c1-30-18-13(7-6-12(21)16(18)22)31-14-9-15(20(23,24)25)27-28-17(14)19(29)26-10-4-3-5-11(8-10)32-2/h3-9H,1-2H3,(H,26,29). The van der Waals surface area contributed by atoms with Crippen molar-refractivity contribution in [1.82, 2.24) is 10.2 Å². The molecule has 0 fully saturated rings. The number of rotatable bonds is 6. The van der Waals surface area contributed by atoms with E-state index in [1.54, 1.807) is 24.3 Å². The topological polar surface area (TPSA) is 73.3 Å². The largest absolute Gasteiger partial charge is 0.490 e. The third kappa shape index (κ3) is 5.07. The molecule has 3 rings (SSSR count). The van der Waals surface area contributed by atoms with Crippen molar-refractivity contribution < 1.29 is 36.2 Å². The highest BCUT2D eigenvalue weighted by molar-refractivity contribution is 7.98. The van der Waals surface area contributed by atoms with Gasteiger partial charge in [0.05, 0.1) is 7.11 Å². The zero-order valence-electron chi connectivity index (χ0n) is 16.5. The van der Waals surface area contributed by atoms with Gasteiger partial charge >= 0.3 is 6.18 Å². The predicted octanol–water partition coefficient (Wildman–Crippen LogP) is 5.55. The summed E-state index contributed by atoms with van der Waals surface area (Å²) < 4.78 is 76.9. The molecule has 0 bridgehead atoms. The van der Waals surface area contributed by atoms with E-state index in [4.69, 9.17) is 9.47 Å². The first-order valence-corrected chi connectivity index (χ1v) is 9.96. The van der Waals surface area contributed by atoms with Gasteiger partial charge in [0.2, 0.25) is 11.6 Å². The molecule has 0 aliphatic heterocycles. The molecule has 0 aliphatic rings. The number of alkyl halides is 3. The van der Waals surface area contributed by atoms with Crippen LogP contribution in [-0.4, -0.2) is 29.5 Å². The number of anilines is 1. The molecule has 1 heterocycles. The number of carbonyl (C=O) groups excluding carboxylic acids is 1. The summed E-state index contributed by atoms with van der Waals surface area (Å²) in [5.74, 6) is -5.45. The normalized spacial score (nSPS) is 11.2. The first kappa shape index (κ1) is 23.3. The number of carbonyl (C=O) groups is 1. The minimum atomic E-state index is -4.90. The Morgan fingerprint density at radius 2 is 1.81 bits per heavy atom. The zero-order chi connectivity index (χ0) is 23.5. The van der Waals surface area contributed by atoms with Crippen LogP contribution in [0.15, 0.2) is 47.4 Å². The number of benzene rings is 2. The van der Waals surface area contributed by atoms with Gasteiger partial charge in [-0.3, -0.25) is 4.79 Å². The van der Waals surface area contributed by atoms with Crippen LogP contribution in [0.25, 0.3) is 0 Å². The molecule has 0 saturated heterocycles. The lowest BCUT2D eigenvalue weighted by molar-refractivity contribution is -0.141. The summed E-state index contributed by atoms with van der Waals surface area (Å²) in [5.41, 5.74) is -1.71. The summed E-state index contributed by atoms with van der Waals surface area (Å²) in [5, 5.41) is 8.88. The number of ether oxygens (including phenoxy) is 2. The molecule has 168 valence electrons. The highest BCUT2D eigenvalue weighted by atomic mass is 32.2. The summed E-state index contributed by atoms with van der Waals surface area (Å²) >= 11 is 1.41. The second-order valence-electron chi connectivity index (χ2n) is 6.12. The first-order valence-electron chi connectivity index (χ1n) is 8.74. The van der Waals surface area contributed by atoms with Crippen molar-refractivity contribution in [1.29, 1.82) is 0 Å². The van der Waals surface area contributed by atoms with Crippen LogP contribution in [0.2, 0.25) is 0 Å². The van der Waals surface area contributed by atoms with Crippen molar-refractivity contribution in [2.24, 2.45) is 0 Å². The van der Waals surface area contributed by atoms with Crippen LogP contribution in [0, 0.1) is 11.6 Å². The van der Waals surface area contributed by atoms with Crippen LogP contribution >= 0.6 is 11.8 Å². The van der Waals surface area contributed by atoms with E-state index >= 15 is 0 Å². The van der Waals surface area contributed by atoms with E-state index in [1.165, 1.54) is 11.8 Å². The van der Waals surface area contributed by atoms with E-state index in [0.29, 0.717) is 17.8 Å². The zero-order valence-corrected chi connectivity index (χ0v) is 17.3. The lowest BCUT2D eigenvalue weighted by Gasteiger charge is -2.15. The number of nitrogens with zero attached hydrogens (tertiary/aromatic N) is 2. The third-order valence-electron chi connectivity index (χ3n) is 4.03. The fraction of sp³-hybridized carbons (Fsp3) is 0.150. The second kappa shape index (κ2) is 9.39. The van der Waals surface area contributed by atoms with E-state index in [9.17, 15) is 26.7 Å². The fourth-order valence-electron chi connectivity index (χ4n) is 2.54. The molecule has 0 atom stereocenters. The Hall–Kier alpha value is -3.41. The molecule has 0 radical (unpaired) electrons. The highest BCUT2D eigenvalue weighted by Crippen LogP contribution is 2.38. The number of halogens is 5. The van der Waals surface area contributed by atoms with Gasteiger partial charge < -0.3 is 14.8 Å². The number of thioether (sulfide) groups is 1. The molecule has 0 spiro atoms. The molecule has 0 unspecified atom stereocenters.